The van der Waals surface area contributed by atoms with E-state index in [4.69, 9.17) is 5.73 Å². The lowest BCUT2D eigenvalue weighted by Gasteiger charge is -2.09. The lowest BCUT2D eigenvalue weighted by Crippen LogP contribution is -2.04. The van der Waals surface area contributed by atoms with Gasteiger partial charge in [0.2, 0.25) is 11.8 Å². The number of rotatable bonds is 4. The molecule has 0 saturated carbocycles. The number of benzene rings is 1. The highest BCUT2D eigenvalue weighted by molar-refractivity contribution is 5.59. The van der Waals surface area contributed by atoms with Crippen LogP contribution in [0.5, 0.6) is 0 Å². The fraction of sp³-hybridized carbons (Fsp3) is 0.231. The molecular formula is C13H15N5O2. The van der Waals surface area contributed by atoms with Crippen LogP contribution in [0, 0.1) is 17.0 Å². The molecule has 7 nitrogen and oxygen atoms in total. The number of nitrogen functional groups attached to an aromatic ring is 1. The van der Waals surface area contributed by atoms with Crippen LogP contribution in [0.1, 0.15) is 18.1 Å². The minimum Gasteiger partial charge on any atom is -0.378 e. The average Bonchev–Trinajstić information content (AvgIpc) is 2.40. The molecule has 0 fully saturated rings. The molecule has 20 heavy (non-hydrogen) atoms. The van der Waals surface area contributed by atoms with Crippen molar-refractivity contribution in [2.75, 3.05) is 11.1 Å². The molecule has 0 unspecified atom stereocenters. The largest absolute Gasteiger partial charge is 0.378 e. The van der Waals surface area contributed by atoms with Gasteiger partial charge in [0.1, 0.15) is 6.20 Å². The first-order valence-corrected chi connectivity index (χ1v) is 6.14. The molecule has 2 rings (SSSR count). The minimum atomic E-state index is -0.611. The third-order valence-corrected chi connectivity index (χ3v) is 2.98. The summed E-state index contributed by atoms with van der Waals surface area (Å²) in [7, 11) is 0. The monoisotopic (exact) mass is 273 g/mol. The number of nitro groups is 1. The van der Waals surface area contributed by atoms with Crippen LogP contribution >= 0.6 is 0 Å². The molecule has 0 amide bonds. The van der Waals surface area contributed by atoms with Crippen LogP contribution in [0.4, 0.5) is 23.1 Å². The van der Waals surface area contributed by atoms with E-state index >= 15 is 0 Å². The Hall–Kier alpha value is -2.70. The van der Waals surface area contributed by atoms with Gasteiger partial charge in [-0.3, -0.25) is 10.1 Å². The van der Waals surface area contributed by atoms with Crippen molar-refractivity contribution < 1.29 is 4.92 Å². The second-order valence-electron chi connectivity index (χ2n) is 4.34. The Balaban J connectivity index is 2.26. The molecule has 0 aliphatic heterocycles. The lowest BCUT2D eigenvalue weighted by molar-refractivity contribution is -0.384. The van der Waals surface area contributed by atoms with Gasteiger partial charge < -0.3 is 11.1 Å². The van der Waals surface area contributed by atoms with E-state index in [9.17, 15) is 10.1 Å². The van der Waals surface area contributed by atoms with Crippen molar-refractivity contribution in [3.63, 3.8) is 0 Å². The molecule has 0 bridgehead atoms. The third-order valence-electron chi connectivity index (χ3n) is 2.98. The molecule has 0 aliphatic carbocycles. The maximum absolute atomic E-state index is 10.6. The highest BCUT2D eigenvalue weighted by atomic mass is 16.6. The molecular weight excluding hydrogens is 258 g/mol. The van der Waals surface area contributed by atoms with Crippen molar-refractivity contribution in [3.05, 3.63) is 45.6 Å². The molecule has 0 spiro atoms. The smallest absolute Gasteiger partial charge is 0.329 e. The van der Waals surface area contributed by atoms with Crippen molar-refractivity contribution in [1.82, 2.24) is 9.97 Å². The van der Waals surface area contributed by atoms with Gasteiger partial charge in [0.25, 0.3) is 0 Å². The summed E-state index contributed by atoms with van der Waals surface area (Å²) < 4.78 is 0. The maximum Gasteiger partial charge on any atom is 0.329 e. The average molecular weight is 273 g/mol. The molecule has 1 heterocycles. The van der Waals surface area contributed by atoms with E-state index in [-0.39, 0.29) is 17.5 Å². The second-order valence-corrected chi connectivity index (χ2v) is 4.34. The highest BCUT2D eigenvalue weighted by Gasteiger charge is 2.14. The van der Waals surface area contributed by atoms with Crippen molar-refractivity contribution in [1.29, 1.82) is 0 Å². The van der Waals surface area contributed by atoms with Crippen LogP contribution in [0.2, 0.25) is 0 Å². The maximum atomic E-state index is 10.6. The van der Waals surface area contributed by atoms with Gasteiger partial charge in [-0.2, -0.15) is 4.98 Å². The highest BCUT2D eigenvalue weighted by Crippen LogP contribution is 2.22. The summed E-state index contributed by atoms with van der Waals surface area (Å²) >= 11 is 0. The first-order chi connectivity index (χ1) is 9.51. The van der Waals surface area contributed by atoms with Gasteiger partial charge in [-0.25, -0.2) is 4.98 Å². The molecule has 0 atom stereocenters. The van der Waals surface area contributed by atoms with Crippen LogP contribution in [0.3, 0.4) is 0 Å². The number of aromatic nitrogens is 2. The predicted octanol–water partition coefficient (Wildman–Crippen LogP) is 2.58. The number of aryl methyl sites for hydroxylation is 2. The van der Waals surface area contributed by atoms with E-state index < -0.39 is 4.92 Å². The Kier molecular flexibility index (Phi) is 3.79. The van der Waals surface area contributed by atoms with Crippen molar-refractivity contribution in [2.45, 2.75) is 20.3 Å². The van der Waals surface area contributed by atoms with Gasteiger partial charge in [0, 0.05) is 5.69 Å². The quantitative estimate of drug-likeness (QED) is 0.655. The number of nitrogens with zero attached hydrogens (tertiary/aromatic N) is 3. The summed E-state index contributed by atoms with van der Waals surface area (Å²) in [5.41, 5.74) is 8.47. The first-order valence-electron chi connectivity index (χ1n) is 6.14. The van der Waals surface area contributed by atoms with Crippen LogP contribution in [0.25, 0.3) is 0 Å². The lowest BCUT2D eigenvalue weighted by atomic mass is 10.1. The molecule has 0 saturated heterocycles. The Labute approximate surface area is 116 Å². The fourth-order valence-electron chi connectivity index (χ4n) is 1.85. The van der Waals surface area contributed by atoms with E-state index in [1.807, 2.05) is 25.1 Å². The van der Waals surface area contributed by atoms with Gasteiger partial charge >= 0.3 is 5.69 Å². The van der Waals surface area contributed by atoms with E-state index in [1.165, 1.54) is 11.1 Å². The van der Waals surface area contributed by atoms with Gasteiger partial charge in [-0.15, -0.1) is 0 Å². The first kappa shape index (κ1) is 13.7. The number of anilines is 3. The topological polar surface area (TPSA) is 107 Å². The summed E-state index contributed by atoms with van der Waals surface area (Å²) in [6.07, 6.45) is 2.02. The zero-order valence-electron chi connectivity index (χ0n) is 11.3. The third kappa shape index (κ3) is 2.82. The summed E-state index contributed by atoms with van der Waals surface area (Å²) in [4.78, 5) is 17.8. The van der Waals surface area contributed by atoms with Crippen LogP contribution in [-0.2, 0) is 6.42 Å². The van der Waals surface area contributed by atoms with Crippen molar-refractivity contribution >= 4 is 23.1 Å². The van der Waals surface area contributed by atoms with Crippen molar-refractivity contribution in [2.24, 2.45) is 0 Å². The number of nitrogens with one attached hydrogen (secondary N) is 1. The summed E-state index contributed by atoms with van der Waals surface area (Å²) in [5, 5.41) is 13.6. The Morgan fingerprint density at radius 3 is 2.80 bits per heavy atom. The standard InChI is InChI=1S/C13H15N5O2/c1-3-9-6-10(5-4-8(9)2)16-13-15-7-11(18(19)20)12(14)17-13/h4-7H,3H2,1-2H3,(H3,14,15,16,17). The van der Waals surface area contributed by atoms with Gasteiger partial charge in [0.05, 0.1) is 4.92 Å². The molecule has 1 aromatic heterocycles. The Bertz CT molecular complexity index is 657. The van der Waals surface area contributed by atoms with Crippen LogP contribution < -0.4 is 11.1 Å². The van der Waals surface area contributed by atoms with E-state index in [2.05, 4.69) is 22.2 Å². The number of nitrogens with two attached hydrogens (primary N) is 1. The summed E-state index contributed by atoms with van der Waals surface area (Å²) in [5.74, 6) is 0.0781. The minimum absolute atomic E-state index is 0.157. The molecule has 0 aliphatic rings. The van der Waals surface area contributed by atoms with Gasteiger partial charge in [-0.05, 0) is 36.6 Å². The molecule has 7 heteroatoms. The van der Waals surface area contributed by atoms with E-state index in [1.54, 1.807) is 0 Å². The predicted molar refractivity (Wildman–Crippen MR) is 76.9 cm³/mol. The number of hydrogen-bond acceptors (Lipinski definition) is 6. The molecule has 3 N–H and O–H groups in total. The Morgan fingerprint density at radius 1 is 1.45 bits per heavy atom. The van der Waals surface area contributed by atoms with E-state index in [0.29, 0.717) is 0 Å². The molecule has 104 valence electrons. The fourth-order valence-corrected chi connectivity index (χ4v) is 1.85. The van der Waals surface area contributed by atoms with Gasteiger partial charge in [-0.1, -0.05) is 13.0 Å². The molecule has 0 radical (unpaired) electrons. The van der Waals surface area contributed by atoms with Crippen molar-refractivity contribution in [3.8, 4) is 0 Å². The zero-order chi connectivity index (χ0) is 14.7. The summed E-state index contributed by atoms with van der Waals surface area (Å²) in [6, 6.07) is 5.89. The molecule has 2 aromatic rings. The number of hydrogen-bond donors (Lipinski definition) is 2. The Morgan fingerprint density at radius 2 is 2.20 bits per heavy atom. The van der Waals surface area contributed by atoms with Crippen LogP contribution in [0.15, 0.2) is 24.4 Å². The SMILES string of the molecule is CCc1cc(Nc2ncc([N+](=O)[O-])c(N)n2)ccc1C. The summed E-state index contributed by atoms with van der Waals surface area (Å²) in [6.45, 7) is 4.12. The van der Waals surface area contributed by atoms with Crippen LogP contribution in [-0.4, -0.2) is 14.9 Å². The molecule has 1 aromatic carbocycles. The zero-order valence-corrected chi connectivity index (χ0v) is 11.3. The second kappa shape index (κ2) is 5.52. The van der Waals surface area contributed by atoms with Gasteiger partial charge in [0.15, 0.2) is 0 Å². The van der Waals surface area contributed by atoms with E-state index in [0.717, 1.165) is 18.3 Å². The normalized spacial score (nSPS) is 10.3.